The average Bonchev–Trinajstić information content (AvgIpc) is 2.15. The Balaban J connectivity index is 1.96. The lowest BCUT2D eigenvalue weighted by Gasteiger charge is -2.34. The Labute approximate surface area is 102 Å². The van der Waals surface area contributed by atoms with Gasteiger partial charge in [-0.25, -0.2) is 0 Å². The number of nitrogens with zero attached hydrogens (tertiary/aromatic N) is 1. The van der Waals surface area contributed by atoms with Gasteiger partial charge in [0.2, 0.25) is 0 Å². The predicted octanol–water partition coefficient (Wildman–Crippen LogP) is 2.31. The van der Waals surface area contributed by atoms with Crippen molar-refractivity contribution in [1.82, 2.24) is 4.90 Å². The summed E-state index contributed by atoms with van der Waals surface area (Å²) in [6, 6.07) is 9.03. The van der Waals surface area contributed by atoms with Crippen molar-refractivity contribution in [1.29, 1.82) is 0 Å². The van der Waals surface area contributed by atoms with E-state index in [-0.39, 0.29) is 0 Å². The zero-order valence-corrected chi connectivity index (χ0v) is 10.5. The maximum absolute atomic E-state index is 5.56. The second-order valence-corrected chi connectivity index (χ2v) is 5.00. The van der Waals surface area contributed by atoms with Crippen LogP contribution in [0.4, 0.5) is 0 Å². The summed E-state index contributed by atoms with van der Waals surface area (Å²) < 4.78 is 0. The van der Waals surface area contributed by atoms with Gasteiger partial charge in [0.15, 0.2) is 0 Å². The first-order valence-corrected chi connectivity index (χ1v) is 6.16. The Morgan fingerprint density at radius 1 is 1.38 bits per heavy atom. The normalized spacial score (nSPS) is 16.1. The fraction of sp³-hybridized carbons (Fsp3) is 0.462. The van der Waals surface area contributed by atoms with Crippen molar-refractivity contribution in [3.8, 4) is 0 Å². The van der Waals surface area contributed by atoms with Crippen LogP contribution in [-0.2, 0) is 6.54 Å². The third kappa shape index (κ3) is 2.60. The number of hydrogen-bond acceptors (Lipinski definition) is 2. The van der Waals surface area contributed by atoms with E-state index in [1.807, 2.05) is 12.1 Å². The topological polar surface area (TPSA) is 29.3 Å². The van der Waals surface area contributed by atoms with Gasteiger partial charge < -0.3 is 5.73 Å². The van der Waals surface area contributed by atoms with Crippen molar-refractivity contribution in [3.63, 3.8) is 0 Å². The van der Waals surface area contributed by atoms with Gasteiger partial charge in [0.25, 0.3) is 0 Å². The lowest BCUT2D eigenvalue weighted by molar-refractivity contribution is 0.152. The lowest BCUT2D eigenvalue weighted by atomic mass is 9.91. The van der Waals surface area contributed by atoms with Gasteiger partial charge in [-0.2, -0.15) is 0 Å². The molecule has 0 aliphatic heterocycles. The van der Waals surface area contributed by atoms with Crippen molar-refractivity contribution < 1.29 is 0 Å². The molecule has 1 aromatic rings. The molecule has 2 nitrogen and oxygen atoms in total. The van der Waals surface area contributed by atoms with Crippen LogP contribution in [0.2, 0.25) is 0 Å². The summed E-state index contributed by atoms with van der Waals surface area (Å²) in [6.45, 7) is 1.02. The summed E-state index contributed by atoms with van der Waals surface area (Å²) in [4.78, 5) is 2.90. The maximum Gasteiger partial charge on any atom is 0.103 e. The van der Waals surface area contributed by atoms with Crippen LogP contribution < -0.4 is 5.73 Å². The van der Waals surface area contributed by atoms with Gasteiger partial charge in [0.1, 0.15) is 4.99 Å². The highest BCUT2D eigenvalue weighted by atomic mass is 32.1. The molecule has 0 atom stereocenters. The molecule has 0 spiro atoms. The molecule has 3 heteroatoms. The molecule has 1 aliphatic carbocycles. The van der Waals surface area contributed by atoms with Crippen molar-refractivity contribution in [3.05, 3.63) is 35.4 Å². The van der Waals surface area contributed by atoms with E-state index in [9.17, 15) is 0 Å². The molecule has 16 heavy (non-hydrogen) atoms. The molecule has 0 amide bonds. The van der Waals surface area contributed by atoms with E-state index in [1.165, 1.54) is 24.8 Å². The van der Waals surface area contributed by atoms with E-state index in [4.69, 9.17) is 18.0 Å². The molecule has 1 fully saturated rings. The molecule has 0 bridgehead atoms. The molecular formula is C13H18N2S. The fourth-order valence-electron chi connectivity index (χ4n) is 2.02. The van der Waals surface area contributed by atoms with Gasteiger partial charge in [-0.15, -0.1) is 0 Å². The van der Waals surface area contributed by atoms with Crippen LogP contribution in [0.15, 0.2) is 24.3 Å². The third-order valence-electron chi connectivity index (χ3n) is 3.37. The summed E-state index contributed by atoms with van der Waals surface area (Å²) in [5, 5.41) is 0. The summed E-state index contributed by atoms with van der Waals surface area (Å²) in [7, 11) is 2.20. The molecule has 0 aromatic heterocycles. The molecule has 0 saturated heterocycles. The van der Waals surface area contributed by atoms with Crippen LogP contribution in [0.1, 0.15) is 30.4 Å². The SMILES string of the molecule is CN(Cc1ccc(C(N)=S)cc1)C1CCC1. The molecule has 1 saturated carbocycles. The Kier molecular flexibility index (Phi) is 3.56. The Morgan fingerprint density at radius 3 is 2.44 bits per heavy atom. The molecule has 86 valence electrons. The van der Waals surface area contributed by atoms with E-state index in [2.05, 4.69) is 24.1 Å². The third-order valence-corrected chi connectivity index (χ3v) is 3.60. The van der Waals surface area contributed by atoms with Crippen LogP contribution in [0.25, 0.3) is 0 Å². The monoisotopic (exact) mass is 234 g/mol. The van der Waals surface area contributed by atoms with Crippen molar-refractivity contribution in [2.24, 2.45) is 5.73 Å². The molecule has 0 radical (unpaired) electrons. The van der Waals surface area contributed by atoms with Crippen LogP contribution in [0, 0.1) is 0 Å². The molecule has 1 aromatic carbocycles. The summed E-state index contributed by atoms with van der Waals surface area (Å²) >= 11 is 4.93. The lowest BCUT2D eigenvalue weighted by Crippen LogP contribution is -2.36. The Morgan fingerprint density at radius 2 is 2.00 bits per heavy atom. The average molecular weight is 234 g/mol. The van der Waals surface area contributed by atoms with Crippen molar-refractivity contribution in [2.75, 3.05) is 7.05 Å². The summed E-state index contributed by atoms with van der Waals surface area (Å²) in [6.07, 6.45) is 4.08. The number of benzene rings is 1. The number of thiocarbonyl (C=S) groups is 1. The van der Waals surface area contributed by atoms with Crippen molar-refractivity contribution in [2.45, 2.75) is 31.8 Å². The van der Waals surface area contributed by atoms with Crippen LogP contribution in [-0.4, -0.2) is 23.0 Å². The predicted molar refractivity (Wildman–Crippen MR) is 71.4 cm³/mol. The highest BCUT2D eigenvalue weighted by Gasteiger charge is 2.21. The minimum absolute atomic E-state index is 0.471. The van der Waals surface area contributed by atoms with Gasteiger partial charge in [-0.05, 0) is 25.5 Å². The number of rotatable bonds is 4. The van der Waals surface area contributed by atoms with Gasteiger partial charge in [-0.3, -0.25) is 4.90 Å². The molecular weight excluding hydrogens is 216 g/mol. The number of hydrogen-bond donors (Lipinski definition) is 1. The molecule has 2 N–H and O–H groups in total. The first-order chi connectivity index (χ1) is 7.66. The molecule has 0 heterocycles. The van der Waals surface area contributed by atoms with E-state index in [0.717, 1.165) is 18.2 Å². The van der Waals surface area contributed by atoms with Gasteiger partial charge >= 0.3 is 0 Å². The van der Waals surface area contributed by atoms with E-state index >= 15 is 0 Å². The minimum atomic E-state index is 0.471. The van der Waals surface area contributed by atoms with E-state index in [1.54, 1.807) is 0 Å². The first-order valence-electron chi connectivity index (χ1n) is 5.76. The van der Waals surface area contributed by atoms with Crippen LogP contribution >= 0.6 is 12.2 Å². The maximum atomic E-state index is 5.56. The van der Waals surface area contributed by atoms with Crippen molar-refractivity contribution >= 4 is 17.2 Å². The zero-order chi connectivity index (χ0) is 11.5. The number of nitrogens with two attached hydrogens (primary N) is 1. The molecule has 1 aliphatic rings. The largest absolute Gasteiger partial charge is 0.389 e. The van der Waals surface area contributed by atoms with Crippen LogP contribution in [0.5, 0.6) is 0 Å². The van der Waals surface area contributed by atoms with E-state index < -0.39 is 0 Å². The standard InChI is InChI=1S/C13H18N2S/c1-15(12-3-2-4-12)9-10-5-7-11(8-6-10)13(14)16/h5-8,12H,2-4,9H2,1H3,(H2,14,16). The molecule has 2 rings (SSSR count). The zero-order valence-electron chi connectivity index (χ0n) is 9.65. The van der Waals surface area contributed by atoms with Crippen LogP contribution in [0.3, 0.4) is 0 Å². The highest BCUT2D eigenvalue weighted by molar-refractivity contribution is 7.80. The van der Waals surface area contributed by atoms with E-state index in [0.29, 0.717) is 4.99 Å². The summed E-state index contributed by atoms with van der Waals surface area (Å²) in [5.74, 6) is 0. The first kappa shape index (κ1) is 11.6. The Hall–Kier alpha value is -0.930. The fourth-order valence-corrected chi connectivity index (χ4v) is 2.16. The summed E-state index contributed by atoms with van der Waals surface area (Å²) in [5.41, 5.74) is 7.84. The second-order valence-electron chi connectivity index (χ2n) is 4.56. The molecule has 0 unspecified atom stereocenters. The quantitative estimate of drug-likeness (QED) is 0.811. The van der Waals surface area contributed by atoms with Gasteiger partial charge in [0, 0.05) is 18.2 Å². The Bertz CT molecular complexity index is 368. The minimum Gasteiger partial charge on any atom is -0.389 e. The van der Waals surface area contributed by atoms with Gasteiger partial charge in [-0.1, -0.05) is 42.9 Å². The highest BCUT2D eigenvalue weighted by Crippen LogP contribution is 2.24. The van der Waals surface area contributed by atoms with Gasteiger partial charge in [0.05, 0.1) is 0 Å². The second kappa shape index (κ2) is 4.93. The smallest absolute Gasteiger partial charge is 0.103 e.